The van der Waals surface area contributed by atoms with Crippen molar-refractivity contribution in [2.75, 3.05) is 0 Å². The van der Waals surface area contributed by atoms with Crippen molar-refractivity contribution in [2.24, 2.45) is 0 Å². The van der Waals surface area contributed by atoms with Crippen molar-refractivity contribution in [2.45, 2.75) is 3.53 Å². The number of rotatable bonds is 19. The van der Waals surface area contributed by atoms with Crippen molar-refractivity contribution in [3.63, 3.8) is 0 Å². The van der Waals surface area contributed by atoms with Gasteiger partial charge in [-0.3, -0.25) is 0 Å². The monoisotopic (exact) mass is 1180 g/mol. The second-order valence-corrected chi connectivity index (χ2v) is 36.4. The molecule has 78 heavy (non-hydrogen) atoms. The van der Waals surface area contributed by atoms with Gasteiger partial charge in [-0.15, -0.1) is 0 Å². The van der Waals surface area contributed by atoms with Crippen LogP contribution in [0.15, 0.2) is 303 Å². The van der Waals surface area contributed by atoms with Crippen LogP contribution in [0, 0.1) is 0 Å². The van der Waals surface area contributed by atoms with Crippen molar-refractivity contribution in [1.82, 2.24) is 0 Å². The van der Waals surface area contributed by atoms with Crippen LogP contribution >= 0.6 is 39.6 Å². The summed E-state index contributed by atoms with van der Waals surface area (Å²) in [5, 5.41) is 1.61. The summed E-state index contributed by atoms with van der Waals surface area (Å²) in [5.74, 6) is -1.49. The Balaban J connectivity index is 1.69. The minimum absolute atomic E-state index is 0.130. The Morgan fingerprint density at radius 1 is 0.295 bits per heavy atom. The third-order valence-electron chi connectivity index (χ3n) is 12.9. The first-order chi connectivity index (χ1) is 38.1. The Morgan fingerprint density at radius 2 is 0.487 bits per heavy atom. The van der Waals surface area contributed by atoms with E-state index in [0.29, 0.717) is 32.6 Å². The van der Waals surface area contributed by atoms with Crippen LogP contribution < -0.4 is 15.9 Å². The van der Waals surface area contributed by atoms with Gasteiger partial charge in [0.2, 0.25) is 0 Å². The van der Waals surface area contributed by atoms with E-state index in [-0.39, 0.29) is 12.1 Å². The topological polar surface area (TPSA) is 51.2 Å². The van der Waals surface area contributed by atoms with Crippen molar-refractivity contribution < 1.29 is 29.4 Å². The molecule has 0 saturated carbocycles. The summed E-state index contributed by atoms with van der Waals surface area (Å²) in [6, 6.07) is 85.8. The molecule has 388 valence electrons. The number of hydrogen-bond acceptors (Lipinski definition) is 3. The van der Waals surface area contributed by atoms with Gasteiger partial charge >= 0.3 is 479 Å². The predicted octanol–water partition coefficient (Wildman–Crippen LogP) is 16.9. The Kier molecular flexibility index (Phi) is 17.9. The fourth-order valence-corrected chi connectivity index (χ4v) is 45.3. The number of carbonyl (C=O) groups excluding carboxylic acids is 3. The molecule has 0 amide bonds. The molecule has 0 heterocycles. The zero-order valence-electron chi connectivity index (χ0n) is 42.3. The third kappa shape index (κ3) is 10.8. The molecule has 9 rings (SSSR count). The molecule has 0 aliphatic carbocycles. The van der Waals surface area contributed by atoms with E-state index < -0.39 is 40.7 Å². The molecule has 0 unspecified atom stereocenters. The number of carbonyl (C=O) groups is 3. The van der Waals surface area contributed by atoms with E-state index in [0.717, 1.165) is 16.7 Å². The zero-order valence-corrected chi connectivity index (χ0v) is 47.0. The maximum atomic E-state index is 17.2. The van der Waals surface area contributed by atoms with Gasteiger partial charge < -0.3 is 0 Å². The van der Waals surface area contributed by atoms with Crippen LogP contribution in [0.2, 0.25) is 0 Å². The Bertz CT molecular complexity index is 3300. The molecule has 0 bridgehead atoms. The second kappa shape index (κ2) is 25.2. The molecular weight excluding hydrogens is 1130 g/mol. The first-order valence-electron chi connectivity index (χ1n) is 25.1. The van der Waals surface area contributed by atoms with Crippen molar-refractivity contribution in [3.05, 3.63) is 337 Å². The molecule has 0 aliphatic rings. The Hall–Kier alpha value is -7.61. The molecule has 0 N–H and O–H groups in total. The van der Waals surface area contributed by atoms with Gasteiger partial charge in [0.15, 0.2) is 0 Å². The first-order valence-corrected chi connectivity index (χ1v) is 32.7. The van der Waals surface area contributed by atoms with Crippen LogP contribution in [-0.2, 0) is 29.4 Å². The summed E-state index contributed by atoms with van der Waals surface area (Å²) in [7, 11) is 0. The van der Waals surface area contributed by atoms with Crippen LogP contribution in [0.4, 0.5) is 0 Å². The molecule has 0 saturated heterocycles. The molecule has 0 fully saturated rings. The molecule has 8 heteroatoms. The number of hydrogen-bond donors (Lipinski definition) is 0. The van der Waals surface area contributed by atoms with E-state index in [1.165, 1.54) is 18.2 Å². The number of benzene rings is 9. The molecule has 0 aliphatic heterocycles. The van der Waals surface area contributed by atoms with E-state index in [4.69, 9.17) is 34.8 Å². The molecule has 0 radical (unpaired) electrons. The molecule has 9 aromatic rings. The van der Waals surface area contributed by atoms with Gasteiger partial charge in [0.05, 0.1) is 0 Å². The quantitative estimate of drug-likeness (QED) is 0.0351. The van der Waals surface area contributed by atoms with Gasteiger partial charge in [-0.1, -0.05) is 0 Å². The van der Waals surface area contributed by atoms with Crippen LogP contribution in [0.1, 0.15) is 33.4 Å². The normalized spacial score (nSPS) is 14.3. The average Bonchev–Trinajstić information content (AvgIpc) is 1.49. The van der Waals surface area contributed by atoms with E-state index in [9.17, 15) is 0 Å². The number of allylic oxidation sites excluding steroid dienone is 6. The number of alkyl halides is 3. The minimum atomic E-state index is -5.75. The van der Waals surface area contributed by atoms with Crippen LogP contribution in [0.5, 0.6) is 0 Å². The van der Waals surface area contributed by atoms with E-state index in [1.54, 1.807) is 18.2 Å². The average molecular weight is 1190 g/mol. The molecule has 0 atom stereocenters. The van der Waals surface area contributed by atoms with Gasteiger partial charge in [0.1, 0.15) is 0 Å². The van der Waals surface area contributed by atoms with E-state index in [2.05, 4.69) is 0 Å². The Labute approximate surface area is 475 Å². The predicted molar refractivity (Wildman–Crippen MR) is 330 cm³/mol. The fraction of sp³-hybridized carbons (Fsp3) is 0.0143. The van der Waals surface area contributed by atoms with Gasteiger partial charge in [-0.2, -0.15) is 0 Å². The van der Waals surface area contributed by atoms with Gasteiger partial charge in [0, 0.05) is 0 Å². The molecular formula is C70H54Cl3O3PPd. The molecule has 0 spiro atoms. The van der Waals surface area contributed by atoms with Crippen molar-refractivity contribution >= 4 is 109 Å². The van der Waals surface area contributed by atoms with Crippen molar-refractivity contribution in [3.8, 4) is 0 Å². The molecule has 0 aromatic heterocycles. The SMILES string of the molecule is O=C(C=Cc1ccccc1)[C](=Cc1ccccc1)[Pd]([C](=Cc1ccccc1)C(=O)C=Cc1ccccc1)([C](=Cc1ccccc1)C(=O)C=Cc1ccccc1)[P](c1ccccc1)(c1ccccc1)(c1ccccc1)C(Cl)(Cl)Cl. The van der Waals surface area contributed by atoms with Crippen LogP contribution in [-0.4, -0.2) is 20.9 Å². The van der Waals surface area contributed by atoms with Crippen LogP contribution in [0.3, 0.4) is 0 Å². The zero-order chi connectivity index (χ0) is 54.3. The van der Waals surface area contributed by atoms with Gasteiger partial charge in [-0.25, -0.2) is 0 Å². The van der Waals surface area contributed by atoms with Crippen LogP contribution in [0.25, 0.3) is 36.5 Å². The van der Waals surface area contributed by atoms with Gasteiger partial charge in [0.25, 0.3) is 0 Å². The number of ketones is 3. The molecule has 3 nitrogen and oxygen atoms in total. The van der Waals surface area contributed by atoms with E-state index in [1.807, 2.05) is 291 Å². The Morgan fingerprint density at radius 3 is 0.692 bits per heavy atom. The molecule has 9 aromatic carbocycles. The summed E-state index contributed by atoms with van der Waals surface area (Å²) >= 11 is 19.8. The summed E-state index contributed by atoms with van der Waals surface area (Å²) in [4.78, 5) is 45.7. The van der Waals surface area contributed by atoms with Crippen molar-refractivity contribution in [1.29, 1.82) is 0 Å². The van der Waals surface area contributed by atoms with Gasteiger partial charge in [-0.05, 0) is 0 Å². The summed E-state index contributed by atoms with van der Waals surface area (Å²) in [6.07, 6.45) is 15.4. The standard InChI is InChI=1S/C19H15Cl3P.3C17H13O.Pd/c20-19(21,22)23(16-10-4-1-5-11-16,17-12-6-2-7-13-17)18-14-8-3-9-15-18;3*18-17(13-11-15-7-3-1-4-8-15)14-12-16-9-5-2-6-10-16;/h1-15H;3*1-13H;/q+1;;;;-1. The van der Waals surface area contributed by atoms with E-state index >= 15 is 14.4 Å². The fourth-order valence-electron chi connectivity index (χ4n) is 9.44. The number of halogens is 3. The third-order valence-corrected chi connectivity index (χ3v) is 42.7. The summed E-state index contributed by atoms with van der Waals surface area (Å²) in [6.45, 7) is 0. The summed E-state index contributed by atoms with van der Waals surface area (Å²) in [5.41, 5.74) is 4.08. The summed E-state index contributed by atoms with van der Waals surface area (Å²) < 4.78 is -2.12. The second-order valence-electron chi connectivity index (χ2n) is 17.8. The first kappa shape index (κ1) is 55.2. The maximum absolute atomic E-state index is 17.2.